The van der Waals surface area contributed by atoms with Crippen molar-refractivity contribution in [3.05, 3.63) is 65.0 Å². The lowest BCUT2D eigenvalue weighted by molar-refractivity contribution is 0.0565. The molecule has 2 aromatic rings. The highest BCUT2D eigenvalue weighted by Crippen LogP contribution is 2.49. The van der Waals surface area contributed by atoms with Crippen LogP contribution in [0.25, 0.3) is 0 Å². The van der Waals surface area contributed by atoms with Gasteiger partial charge in [0.2, 0.25) is 0 Å². The average molecular weight is 380 g/mol. The van der Waals surface area contributed by atoms with Crippen LogP contribution in [0.4, 0.5) is 0 Å². The van der Waals surface area contributed by atoms with E-state index in [0.717, 1.165) is 25.9 Å². The number of nitrogens with zero attached hydrogens (tertiary/aromatic N) is 2. The third-order valence-corrected chi connectivity index (χ3v) is 6.54. The number of hydrogen-bond donors (Lipinski definition) is 2. The first-order valence-corrected chi connectivity index (χ1v) is 10.3. The van der Waals surface area contributed by atoms with Crippen molar-refractivity contribution in [3.8, 4) is 0 Å². The maximum absolute atomic E-state index is 12.4. The van der Waals surface area contributed by atoms with Crippen LogP contribution < -0.4 is 5.32 Å². The summed E-state index contributed by atoms with van der Waals surface area (Å²) in [5.74, 6) is 0.0928. The maximum Gasteiger partial charge on any atom is 0.274 e. The number of benzene rings is 1. The normalized spacial score (nSPS) is 20.6. The number of fused-ring (bicyclic) bond motifs is 1. The summed E-state index contributed by atoms with van der Waals surface area (Å²) >= 11 is 0. The van der Waals surface area contributed by atoms with Crippen LogP contribution in [0, 0.1) is 5.41 Å². The van der Waals surface area contributed by atoms with E-state index < -0.39 is 0 Å². The summed E-state index contributed by atoms with van der Waals surface area (Å²) in [7, 11) is 0. The molecule has 1 unspecified atom stereocenters. The molecule has 1 fully saturated rings. The summed E-state index contributed by atoms with van der Waals surface area (Å²) in [6.45, 7) is 4.21. The number of piperidine rings is 1. The first kappa shape index (κ1) is 19.1. The molecule has 1 aromatic carbocycles. The fourth-order valence-electron chi connectivity index (χ4n) is 4.90. The molecule has 1 aromatic heterocycles. The van der Waals surface area contributed by atoms with Gasteiger partial charge in [-0.2, -0.15) is 0 Å². The smallest absolute Gasteiger partial charge is 0.274 e. The van der Waals surface area contributed by atoms with Gasteiger partial charge in [0, 0.05) is 18.7 Å². The minimum absolute atomic E-state index is 0.226. The second-order valence-electron chi connectivity index (χ2n) is 8.16. The lowest BCUT2D eigenvalue weighted by atomic mass is 9.62. The van der Waals surface area contributed by atoms with Crippen molar-refractivity contribution >= 4 is 5.91 Å². The molecule has 0 bridgehead atoms. The van der Waals surface area contributed by atoms with Crippen LogP contribution in [0.15, 0.2) is 42.6 Å². The van der Waals surface area contributed by atoms with E-state index in [1.54, 1.807) is 0 Å². The number of nitrogens with one attached hydrogen (secondary N) is 1. The lowest BCUT2D eigenvalue weighted by Gasteiger charge is -2.45. The highest BCUT2D eigenvalue weighted by Gasteiger charge is 2.40. The molecule has 1 atom stereocenters. The Hall–Kier alpha value is -2.24. The quantitative estimate of drug-likeness (QED) is 0.802. The molecule has 5 heteroatoms. The fourth-order valence-corrected chi connectivity index (χ4v) is 4.90. The van der Waals surface area contributed by atoms with Gasteiger partial charge in [-0.3, -0.25) is 9.78 Å². The highest BCUT2D eigenvalue weighted by atomic mass is 16.3. The minimum Gasteiger partial charge on any atom is -0.376 e. The van der Waals surface area contributed by atoms with Gasteiger partial charge in [-0.15, -0.1) is 0 Å². The zero-order valence-corrected chi connectivity index (χ0v) is 16.5. The predicted octanol–water partition coefficient (Wildman–Crippen LogP) is 2.94. The molecule has 0 radical (unpaired) electrons. The van der Waals surface area contributed by atoms with Gasteiger partial charge < -0.3 is 15.3 Å². The number of hydrogen-bond acceptors (Lipinski definition) is 4. The van der Waals surface area contributed by atoms with E-state index in [0.29, 0.717) is 23.6 Å². The van der Waals surface area contributed by atoms with Crippen molar-refractivity contribution in [2.24, 2.45) is 5.41 Å². The number of aromatic nitrogens is 1. The summed E-state index contributed by atoms with van der Waals surface area (Å²) in [5.41, 5.74) is 4.78. The molecule has 1 saturated heterocycles. The van der Waals surface area contributed by atoms with Crippen molar-refractivity contribution in [1.82, 2.24) is 15.2 Å². The largest absolute Gasteiger partial charge is 0.376 e. The number of carbonyl (C=O) groups is 1. The fraction of sp³-hybridized carbons (Fsp3) is 0.478. The molecule has 5 nitrogen and oxygen atoms in total. The maximum atomic E-state index is 12.4. The summed E-state index contributed by atoms with van der Waals surface area (Å²) in [4.78, 5) is 18.3. The lowest BCUT2D eigenvalue weighted by Crippen LogP contribution is -2.41. The number of amides is 1. The topological polar surface area (TPSA) is 65.5 Å². The van der Waals surface area contributed by atoms with Gasteiger partial charge in [-0.1, -0.05) is 30.3 Å². The Balaban J connectivity index is 1.64. The second kappa shape index (κ2) is 8.02. The Morgan fingerprint density at radius 1 is 1.25 bits per heavy atom. The zero-order chi connectivity index (χ0) is 19.6. The highest BCUT2D eigenvalue weighted by molar-refractivity contribution is 5.92. The monoisotopic (exact) mass is 379 g/mol. The molecule has 2 N–H and O–H groups in total. The van der Waals surface area contributed by atoms with Crippen LogP contribution >= 0.6 is 0 Å². The number of rotatable bonds is 4. The Morgan fingerprint density at radius 3 is 2.71 bits per heavy atom. The summed E-state index contributed by atoms with van der Waals surface area (Å²) in [6, 6.07) is 12.6. The van der Waals surface area contributed by atoms with Crippen molar-refractivity contribution < 1.29 is 9.90 Å². The number of aliphatic hydroxyl groups excluding tert-OH is 1. The standard InChI is InChI=1S/C23H29N3O2/c1-2-26(16-27)22(28)21-8-7-18(15-25-21)20-14-23(9-11-24-12-10-23)13-17-5-3-4-6-19(17)20/h3-8,15,20,24,27H,2,9-14,16H2,1H3. The molecule has 1 aliphatic heterocycles. The van der Waals surface area contributed by atoms with Crippen LogP contribution in [-0.4, -0.2) is 47.3 Å². The van der Waals surface area contributed by atoms with Crippen LogP contribution in [0.2, 0.25) is 0 Å². The van der Waals surface area contributed by atoms with E-state index in [1.165, 1.54) is 34.4 Å². The molecule has 1 amide bonds. The molecule has 4 rings (SSSR count). The number of pyridine rings is 1. The number of carbonyl (C=O) groups excluding carboxylic acids is 1. The van der Waals surface area contributed by atoms with Crippen molar-refractivity contribution in [1.29, 1.82) is 0 Å². The van der Waals surface area contributed by atoms with Gasteiger partial charge >= 0.3 is 0 Å². The Bertz CT molecular complexity index is 824. The minimum atomic E-state index is -0.286. The Kier molecular flexibility index (Phi) is 5.47. The van der Waals surface area contributed by atoms with Crippen LogP contribution in [0.3, 0.4) is 0 Å². The molecule has 2 aliphatic rings. The van der Waals surface area contributed by atoms with Gasteiger partial charge in [0.25, 0.3) is 5.91 Å². The van der Waals surface area contributed by atoms with Gasteiger partial charge in [-0.05, 0) is 73.9 Å². The molecule has 0 saturated carbocycles. The summed E-state index contributed by atoms with van der Waals surface area (Å²) in [5, 5.41) is 12.8. The third-order valence-electron chi connectivity index (χ3n) is 6.54. The third kappa shape index (κ3) is 3.56. The van der Waals surface area contributed by atoms with Crippen molar-refractivity contribution in [3.63, 3.8) is 0 Å². The predicted molar refractivity (Wildman–Crippen MR) is 109 cm³/mol. The van der Waals surface area contributed by atoms with Crippen LogP contribution in [0.5, 0.6) is 0 Å². The first-order chi connectivity index (χ1) is 13.7. The van der Waals surface area contributed by atoms with E-state index in [-0.39, 0.29) is 12.6 Å². The van der Waals surface area contributed by atoms with Gasteiger partial charge in [0.1, 0.15) is 12.4 Å². The summed E-state index contributed by atoms with van der Waals surface area (Å²) < 4.78 is 0. The van der Waals surface area contributed by atoms with E-state index in [2.05, 4.69) is 34.6 Å². The first-order valence-electron chi connectivity index (χ1n) is 10.3. The Morgan fingerprint density at radius 2 is 2.04 bits per heavy atom. The average Bonchev–Trinajstić information content (AvgIpc) is 2.74. The van der Waals surface area contributed by atoms with E-state index in [4.69, 9.17) is 0 Å². The molecule has 2 heterocycles. The van der Waals surface area contributed by atoms with Crippen LogP contribution in [0.1, 0.15) is 59.3 Å². The van der Waals surface area contributed by atoms with E-state index in [1.807, 2.05) is 25.3 Å². The van der Waals surface area contributed by atoms with Gasteiger partial charge in [-0.25, -0.2) is 0 Å². The molecule has 148 valence electrons. The summed E-state index contributed by atoms with van der Waals surface area (Å²) in [6.07, 6.45) is 6.58. The molecule has 28 heavy (non-hydrogen) atoms. The number of aliphatic hydroxyl groups is 1. The van der Waals surface area contributed by atoms with Gasteiger partial charge in [0.15, 0.2) is 0 Å². The molecule has 1 spiro atoms. The van der Waals surface area contributed by atoms with Crippen LogP contribution in [-0.2, 0) is 6.42 Å². The van der Waals surface area contributed by atoms with Crippen molar-refractivity contribution in [2.75, 3.05) is 26.4 Å². The van der Waals surface area contributed by atoms with E-state index >= 15 is 0 Å². The van der Waals surface area contributed by atoms with E-state index in [9.17, 15) is 9.90 Å². The molecular formula is C23H29N3O2. The molecule has 1 aliphatic carbocycles. The van der Waals surface area contributed by atoms with Gasteiger partial charge in [0.05, 0.1) is 0 Å². The zero-order valence-electron chi connectivity index (χ0n) is 16.5. The second-order valence-corrected chi connectivity index (χ2v) is 8.16. The molecular weight excluding hydrogens is 350 g/mol. The SMILES string of the molecule is CCN(CO)C(=O)c1ccc(C2CC3(CCNCC3)Cc3ccccc32)cn1. The Labute approximate surface area is 166 Å². The van der Waals surface area contributed by atoms with Crippen molar-refractivity contribution in [2.45, 2.75) is 38.5 Å².